The molecule has 0 saturated heterocycles. The van der Waals surface area contributed by atoms with E-state index in [0.717, 1.165) is 12.1 Å². The molecular formula is C12H9F3N2O. The summed E-state index contributed by atoms with van der Waals surface area (Å²) in [6.45, 7) is 0. The van der Waals surface area contributed by atoms with Gasteiger partial charge in [0, 0.05) is 0 Å². The summed E-state index contributed by atoms with van der Waals surface area (Å²) in [5, 5.41) is 12.2. The number of hydrogen-bond donors (Lipinski definition) is 0. The lowest BCUT2D eigenvalue weighted by atomic mass is 10.1. The third kappa shape index (κ3) is 3.94. The number of rotatable bonds is 3. The molecule has 0 fully saturated rings. The lowest BCUT2D eigenvalue weighted by molar-refractivity contribution is -0.137. The average molecular weight is 254 g/mol. The molecule has 6 heteroatoms. The predicted molar refractivity (Wildman–Crippen MR) is 60.5 cm³/mol. The predicted octanol–water partition coefficient (Wildman–Crippen LogP) is 3.24. The van der Waals surface area contributed by atoms with Crippen molar-refractivity contribution < 1.29 is 18.0 Å². The molecule has 0 atom stereocenters. The second kappa shape index (κ2) is 5.87. The quantitative estimate of drug-likeness (QED) is 0.472. The van der Waals surface area contributed by atoms with Gasteiger partial charge in [0.15, 0.2) is 0 Å². The Bertz CT molecular complexity index is 496. The first kappa shape index (κ1) is 13.8. The van der Waals surface area contributed by atoms with Crippen molar-refractivity contribution >= 4 is 12.3 Å². The third-order valence-electron chi connectivity index (χ3n) is 1.99. The maximum Gasteiger partial charge on any atom is 0.416 e. The number of benzene rings is 1. The molecule has 0 saturated carbocycles. The number of alkyl halides is 3. The van der Waals surface area contributed by atoms with Crippen molar-refractivity contribution in [3.63, 3.8) is 0 Å². The maximum atomic E-state index is 12.3. The summed E-state index contributed by atoms with van der Waals surface area (Å²) in [5.41, 5.74) is -0.0811. The van der Waals surface area contributed by atoms with Gasteiger partial charge in [-0.3, -0.25) is 0 Å². The number of allylic oxidation sites excluding steroid dienone is 1. The Morgan fingerprint density at radius 1 is 1.33 bits per heavy atom. The number of hydrogen-bond acceptors (Lipinski definition) is 3. The van der Waals surface area contributed by atoms with E-state index in [0.29, 0.717) is 5.56 Å². The molecule has 94 valence electrons. The van der Waals surface area contributed by atoms with Crippen molar-refractivity contribution in [3.8, 4) is 6.07 Å². The lowest BCUT2D eigenvalue weighted by Crippen LogP contribution is -2.04. The van der Waals surface area contributed by atoms with Gasteiger partial charge in [-0.05, 0) is 23.8 Å². The number of nitrogens with zero attached hydrogens (tertiary/aromatic N) is 2. The summed E-state index contributed by atoms with van der Waals surface area (Å²) in [5.74, 6) is 0. The van der Waals surface area contributed by atoms with Gasteiger partial charge >= 0.3 is 6.18 Å². The molecule has 0 aromatic heterocycles. The first-order valence-electron chi connectivity index (χ1n) is 4.83. The molecule has 1 rings (SSSR count). The Morgan fingerprint density at radius 3 is 2.39 bits per heavy atom. The van der Waals surface area contributed by atoms with Crippen molar-refractivity contribution in [2.75, 3.05) is 7.11 Å². The van der Waals surface area contributed by atoms with Crippen LogP contribution in [0.15, 0.2) is 35.0 Å². The second-order valence-corrected chi connectivity index (χ2v) is 3.25. The summed E-state index contributed by atoms with van der Waals surface area (Å²) in [4.78, 5) is 4.40. The van der Waals surface area contributed by atoms with Crippen LogP contribution in [0.25, 0.3) is 6.08 Å². The molecule has 0 radical (unpaired) electrons. The first-order valence-corrected chi connectivity index (χ1v) is 4.83. The van der Waals surface area contributed by atoms with E-state index < -0.39 is 11.7 Å². The third-order valence-corrected chi connectivity index (χ3v) is 1.99. The van der Waals surface area contributed by atoms with Gasteiger partial charge in [0.2, 0.25) is 0 Å². The monoisotopic (exact) mass is 254 g/mol. The normalized spacial score (nSPS) is 12.5. The van der Waals surface area contributed by atoms with Crippen LogP contribution < -0.4 is 0 Å². The number of halogens is 3. The Kier molecular flexibility index (Phi) is 4.49. The van der Waals surface area contributed by atoms with Gasteiger partial charge in [0.25, 0.3) is 0 Å². The van der Waals surface area contributed by atoms with E-state index in [1.165, 1.54) is 31.5 Å². The molecule has 0 unspecified atom stereocenters. The van der Waals surface area contributed by atoms with Gasteiger partial charge in [0.1, 0.15) is 13.2 Å². The minimum atomic E-state index is -4.36. The van der Waals surface area contributed by atoms with Crippen LogP contribution in [0.2, 0.25) is 0 Å². The Hall–Kier alpha value is -2.29. The molecule has 3 nitrogen and oxygen atoms in total. The molecule has 0 aliphatic rings. The van der Waals surface area contributed by atoms with E-state index in [9.17, 15) is 13.2 Å². The van der Waals surface area contributed by atoms with Gasteiger partial charge in [-0.25, -0.2) is 0 Å². The van der Waals surface area contributed by atoms with E-state index in [4.69, 9.17) is 5.26 Å². The molecule has 0 aliphatic heterocycles. The van der Waals surface area contributed by atoms with Gasteiger partial charge in [-0.2, -0.15) is 18.4 Å². The first-order chi connectivity index (χ1) is 8.47. The van der Waals surface area contributed by atoms with Crippen molar-refractivity contribution in [1.82, 2.24) is 0 Å². The Balaban J connectivity index is 2.96. The molecule has 0 bridgehead atoms. The summed E-state index contributed by atoms with van der Waals surface area (Å²) < 4.78 is 36.9. The fraction of sp³-hybridized carbons (Fsp3) is 0.167. The molecule has 0 aliphatic carbocycles. The van der Waals surface area contributed by atoms with E-state index in [-0.39, 0.29) is 5.57 Å². The highest BCUT2D eigenvalue weighted by Gasteiger charge is 2.29. The van der Waals surface area contributed by atoms with Crippen LogP contribution in [-0.2, 0) is 11.0 Å². The van der Waals surface area contributed by atoms with Crippen LogP contribution in [0.5, 0.6) is 0 Å². The highest BCUT2D eigenvalue weighted by molar-refractivity contribution is 5.89. The fourth-order valence-electron chi connectivity index (χ4n) is 1.16. The zero-order valence-electron chi connectivity index (χ0n) is 9.40. The molecule has 18 heavy (non-hydrogen) atoms. The summed E-state index contributed by atoms with van der Waals surface area (Å²) in [7, 11) is 1.32. The second-order valence-electron chi connectivity index (χ2n) is 3.25. The van der Waals surface area contributed by atoms with Gasteiger partial charge in [-0.1, -0.05) is 17.3 Å². The van der Waals surface area contributed by atoms with Crippen LogP contribution in [0, 0.1) is 11.3 Å². The topological polar surface area (TPSA) is 45.4 Å². The highest BCUT2D eigenvalue weighted by atomic mass is 19.4. The number of nitriles is 1. The molecule has 0 N–H and O–H groups in total. The van der Waals surface area contributed by atoms with Crippen molar-refractivity contribution in [3.05, 3.63) is 41.0 Å². The minimum Gasteiger partial charge on any atom is -0.399 e. The highest BCUT2D eigenvalue weighted by Crippen LogP contribution is 2.29. The maximum absolute atomic E-state index is 12.3. The largest absolute Gasteiger partial charge is 0.416 e. The SMILES string of the molecule is CO/N=C/C(C#N)=C\c1ccc(C(F)(F)F)cc1. The molecular weight excluding hydrogens is 245 g/mol. The lowest BCUT2D eigenvalue weighted by Gasteiger charge is -2.05. The van der Waals surface area contributed by atoms with Crippen LogP contribution in [0.3, 0.4) is 0 Å². The smallest absolute Gasteiger partial charge is 0.399 e. The van der Waals surface area contributed by atoms with E-state index in [2.05, 4.69) is 9.99 Å². The standard InChI is InChI=1S/C12H9F3N2O/c1-18-17-8-10(7-16)6-9-2-4-11(5-3-9)12(13,14)15/h2-6,8H,1H3/b10-6-,17-8+. The van der Waals surface area contributed by atoms with E-state index in [1.54, 1.807) is 0 Å². The molecule has 0 heterocycles. The van der Waals surface area contributed by atoms with Gasteiger partial charge in [-0.15, -0.1) is 0 Å². The van der Waals surface area contributed by atoms with Crippen molar-refractivity contribution in [2.24, 2.45) is 5.16 Å². The van der Waals surface area contributed by atoms with Crippen molar-refractivity contribution in [2.45, 2.75) is 6.18 Å². The van der Waals surface area contributed by atoms with Crippen LogP contribution in [-0.4, -0.2) is 13.3 Å². The fourth-order valence-corrected chi connectivity index (χ4v) is 1.16. The van der Waals surface area contributed by atoms with Crippen LogP contribution in [0.4, 0.5) is 13.2 Å². The Labute approximate surface area is 102 Å². The zero-order valence-corrected chi connectivity index (χ0v) is 9.40. The van der Waals surface area contributed by atoms with Crippen LogP contribution >= 0.6 is 0 Å². The summed E-state index contributed by atoms with van der Waals surface area (Å²) >= 11 is 0. The van der Waals surface area contributed by atoms with Crippen LogP contribution in [0.1, 0.15) is 11.1 Å². The van der Waals surface area contributed by atoms with Gasteiger partial charge in [0.05, 0.1) is 17.4 Å². The molecule has 1 aromatic rings. The van der Waals surface area contributed by atoms with Gasteiger partial charge < -0.3 is 4.84 Å². The summed E-state index contributed by atoms with van der Waals surface area (Å²) in [6, 6.07) is 6.30. The molecule has 0 spiro atoms. The van der Waals surface area contributed by atoms with Crippen molar-refractivity contribution in [1.29, 1.82) is 5.26 Å². The van der Waals surface area contributed by atoms with E-state index in [1.807, 2.05) is 6.07 Å². The minimum absolute atomic E-state index is 0.177. The Morgan fingerprint density at radius 2 is 1.94 bits per heavy atom. The zero-order chi connectivity index (χ0) is 13.6. The molecule has 0 amide bonds. The van der Waals surface area contributed by atoms with E-state index >= 15 is 0 Å². The molecule has 1 aromatic carbocycles. The average Bonchev–Trinajstić information content (AvgIpc) is 2.34. The summed E-state index contributed by atoms with van der Waals surface area (Å²) in [6.07, 6.45) is -1.78. The number of oxime groups is 1.